The maximum Gasteiger partial charge on any atom is 0.237 e. The maximum absolute atomic E-state index is 12.4. The molecule has 1 N–H and O–H groups in total. The predicted molar refractivity (Wildman–Crippen MR) is 76.1 cm³/mol. The monoisotopic (exact) mass is 275 g/mol. The highest BCUT2D eigenvalue weighted by Crippen LogP contribution is 2.31. The number of amides is 2. The van der Waals surface area contributed by atoms with E-state index in [4.69, 9.17) is 0 Å². The van der Waals surface area contributed by atoms with Gasteiger partial charge >= 0.3 is 0 Å². The van der Waals surface area contributed by atoms with E-state index in [0.29, 0.717) is 12.8 Å². The normalized spacial score (nSPS) is 19.8. The number of carbonyl (C=O) groups excluding carboxylic acids is 2. The fourth-order valence-electron chi connectivity index (χ4n) is 2.56. The lowest BCUT2D eigenvalue weighted by Gasteiger charge is -2.29. The number of imide groups is 1. The Bertz CT molecular complexity index is 494. The first-order valence-electron chi connectivity index (χ1n) is 7.12. The second-order valence-corrected chi connectivity index (χ2v) is 5.42. The molecule has 1 aromatic rings. The van der Waals surface area contributed by atoms with Crippen LogP contribution in [0.4, 0.5) is 0 Å². The molecule has 1 atom stereocenters. The van der Waals surface area contributed by atoms with E-state index in [1.807, 2.05) is 44.2 Å². The highest BCUT2D eigenvalue weighted by Gasteiger charge is 2.42. The summed E-state index contributed by atoms with van der Waals surface area (Å²) in [4.78, 5) is 25.7. The Labute approximate surface area is 119 Å². The second-order valence-electron chi connectivity index (χ2n) is 5.42. The quantitative estimate of drug-likeness (QED) is 0.837. The van der Waals surface area contributed by atoms with E-state index in [1.165, 1.54) is 4.90 Å². The summed E-state index contributed by atoms with van der Waals surface area (Å²) >= 11 is 0. The van der Waals surface area contributed by atoms with Crippen molar-refractivity contribution in [3.05, 3.63) is 35.9 Å². The van der Waals surface area contributed by atoms with Crippen molar-refractivity contribution >= 4 is 11.8 Å². The lowest BCUT2D eigenvalue weighted by atomic mass is 9.96. The van der Waals surface area contributed by atoms with Crippen molar-refractivity contribution in [2.24, 2.45) is 0 Å². The zero-order chi connectivity index (χ0) is 14.8. The molecule has 20 heavy (non-hydrogen) atoms. The van der Waals surface area contributed by atoms with Crippen molar-refractivity contribution in [3.63, 3.8) is 0 Å². The first kappa shape index (κ1) is 14.7. The number of aliphatic hydroxyl groups is 1. The van der Waals surface area contributed by atoms with Gasteiger partial charge in [0.25, 0.3) is 0 Å². The molecule has 1 aliphatic rings. The third-order valence-corrected chi connectivity index (χ3v) is 4.21. The summed E-state index contributed by atoms with van der Waals surface area (Å²) in [6.07, 6.45) is 1.25. The molecule has 2 rings (SSSR count). The van der Waals surface area contributed by atoms with E-state index in [2.05, 4.69) is 0 Å². The summed E-state index contributed by atoms with van der Waals surface area (Å²) in [6.45, 7) is 3.83. The molecule has 1 aromatic carbocycles. The van der Waals surface area contributed by atoms with Gasteiger partial charge in [-0.1, -0.05) is 44.2 Å². The number of carbonyl (C=O) groups is 2. The van der Waals surface area contributed by atoms with E-state index < -0.39 is 11.5 Å². The molecule has 2 amide bonds. The number of likely N-dealkylation sites (tertiary alicyclic amines) is 1. The molecule has 1 aliphatic heterocycles. The summed E-state index contributed by atoms with van der Waals surface area (Å²) in [5.41, 5.74) is -0.110. The maximum atomic E-state index is 12.4. The molecule has 0 saturated carbocycles. The van der Waals surface area contributed by atoms with E-state index in [-0.39, 0.29) is 24.8 Å². The zero-order valence-corrected chi connectivity index (χ0v) is 12.0. The van der Waals surface area contributed by atoms with Crippen LogP contribution in [0.1, 0.15) is 44.6 Å². The predicted octanol–water partition coefficient (Wildman–Crippen LogP) is 2.08. The second kappa shape index (κ2) is 5.75. The van der Waals surface area contributed by atoms with Crippen molar-refractivity contribution in [1.82, 2.24) is 4.90 Å². The Morgan fingerprint density at radius 1 is 1.20 bits per heavy atom. The van der Waals surface area contributed by atoms with Gasteiger partial charge in [0.15, 0.2) is 0 Å². The molecule has 4 heteroatoms. The van der Waals surface area contributed by atoms with Crippen molar-refractivity contribution in [2.75, 3.05) is 6.54 Å². The fraction of sp³-hybridized carbons (Fsp3) is 0.500. The van der Waals surface area contributed by atoms with Crippen LogP contribution in [0.2, 0.25) is 0 Å². The summed E-state index contributed by atoms with van der Waals surface area (Å²) in [6, 6.07) is 9.35. The largest absolute Gasteiger partial charge is 0.388 e. The van der Waals surface area contributed by atoms with Gasteiger partial charge in [-0.05, 0) is 18.4 Å². The van der Waals surface area contributed by atoms with Crippen molar-refractivity contribution in [2.45, 2.75) is 44.6 Å². The Hall–Kier alpha value is -1.68. The first-order valence-corrected chi connectivity index (χ1v) is 7.12. The fourth-order valence-corrected chi connectivity index (χ4v) is 2.56. The van der Waals surface area contributed by atoms with Crippen LogP contribution in [-0.2, 0) is 9.59 Å². The number of hydrogen-bond donors (Lipinski definition) is 1. The van der Waals surface area contributed by atoms with E-state index >= 15 is 0 Å². The van der Waals surface area contributed by atoms with Gasteiger partial charge in [0.1, 0.15) is 0 Å². The number of nitrogens with zero attached hydrogens (tertiary/aromatic N) is 1. The molecule has 0 aromatic heterocycles. The molecule has 1 unspecified atom stereocenters. The van der Waals surface area contributed by atoms with Crippen LogP contribution in [0.5, 0.6) is 0 Å². The third kappa shape index (κ3) is 2.75. The Kier molecular flexibility index (Phi) is 4.23. The SMILES string of the molecule is CCC(O)(CC)CN1C(=O)CC(c2ccccc2)C1=O. The number of β-amino-alcohol motifs (C(OH)–C–C–N with tert-alkyl or cyclic N) is 1. The smallest absolute Gasteiger partial charge is 0.237 e. The minimum absolute atomic E-state index is 0.0982. The van der Waals surface area contributed by atoms with Gasteiger partial charge < -0.3 is 5.11 Å². The standard InChI is InChI=1S/C16H21NO3/c1-3-16(20,4-2)11-17-14(18)10-13(15(17)19)12-8-6-5-7-9-12/h5-9,13,20H,3-4,10-11H2,1-2H3. The number of hydrogen-bond acceptors (Lipinski definition) is 3. The van der Waals surface area contributed by atoms with Crippen LogP contribution in [0, 0.1) is 0 Å². The first-order chi connectivity index (χ1) is 9.50. The summed E-state index contributed by atoms with van der Waals surface area (Å²) < 4.78 is 0. The van der Waals surface area contributed by atoms with E-state index in [9.17, 15) is 14.7 Å². The molecular weight excluding hydrogens is 254 g/mol. The van der Waals surface area contributed by atoms with E-state index in [0.717, 1.165) is 5.56 Å². The topological polar surface area (TPSA) is 57.6 Å². The van der Waals surface area contributed by atoms with Gasteiger partial charge in [0.05, 0.1) is 18.1 Å². The van der Waals surface area contributed by atoms with Crippen LogP contribution >= 0.6 is 0 Å². The van der Waals surface area contributed by atoms with E-state index in [1.54, 1.807) is 0 Å². The minimum Gasteiger partial charge on any atom is -0.388 e. The molecule has 1 saturated heterocycles. The molecule has 0 spiro atoms. The van der Waals surface area contributed by atoms with Crippen LogP contribution < -0.4 is 0 Å². The number of rotatable bonds is 5. The van der Waals surface area contributed by atoms with Gasteiger partial charge in [-0.2, -0.15) is 0 Å². The molecular formula is C16H21NO3. The van der Waals surface area contributed by atoms with Crippen LogP contribution in [-0.4, -0.2) is 34.0 Å². The van der Waals surface area contributed by atoms with Crippen molar-refractivity contribution in [3.8, 4) is 0 Å². The number of benzene rings is 1. The van der Waals surface area contributed by atoms with Gasteiger partial charge in [0.2, 0.25) is 11.8 Å². The molecule has 4 nitrogen and oxygen atoms in total. The summed E-state index contributed by atoms with van der Waals surface area (Å²) in [7, 11) is 0. The van der Waals surface area contributed by atoms with Crippen LogP contribution in [0.25, 0.3) is 0 Å². The molecule has 0 radical (unpaired) electrons. The Balaban J connectivity index is 2.18. The minimum atomic E-state index is -0.975. The average Bonchev–Trinajstić information content (AvgIpc) is 2.76. The zero-order valence-electron chi connectivity index (χ0n) is 12.0. The average molecular weight is 275 g/mol. The van der Waals surface area contributed by atoms with Crippen molar-refractivity contribution < 1.29 is 14.7 Å². The molecule has 0 aliphatic carbocycles. The Morgan fingerprint density at radius 2 is 1.80 bits per heavy atom. The van der Waals surface area contributed by atoms with Gasteiger partial charge in [-0.3, -0.25) is 14.5 Å². The Morgan fingerprint density at radius 3 is 2.35 bits per heavy atom. The van der Waals surface area contributed by atoms with Gasteiger partial charge in [-0.15, -0.1) is 0 Å². The van der Waals surface area contributed by atoms with Crippen molar-refractivity contribution in [1.29, 1.82) is 0 Å². The highest BCUT2D eigenvalue weighted by molar-refractivity contribution is 6.06. The van der Waals surface area contributed by atoms with Crippen LogP contribution in [0.3, 0.4) is 0 Å². The summed E-state index contributed by atoms with van der Waals surface area (Å²) in [5, 5.41) is 10.3. The summed E-state index contributed by atoms with van der Waals surface area (Å²) in [5.74, 6) is -0.785. The molecule has 0 bridgehead atoms. The molecule has 1 fully saturated rings. The van der Waals surface area contributed by atoms with Gasteiger partial charge in [-0.25, -0.2) is 0 Å². The molecule has 108 valence electrons. The lowest BCUT2D eigenvalue weighted by Crippen LogP contribution is -2.45. The lowest BCUT2D eigenvalue weighted by molar-refractivity contribution is -0.143. The highest BCUT2D eigenvalue weighted by atomic mass is 16.3. The third-order valence-electron chi connectivity index (χ3n) is 4.21. The molecule has 1 heterocycles. The van der Waals surface area contributed by atoms with Gasteiger partial charge in [0, 0.05) is 6.42 Å². The van der Waals surface area contributed by atoms with Crippen LogP contribution in [0.15, 0.2) is 30.3 Å².